The normalized spacial score (nSPS) is 12.8. The Morgan fingerprint density at radius 3 is 1.39 bits per heavy atom. The van der Waals surface area contributed by atoms with Gasteiger partial charge in [-0.2, -0.15) is 26.3 Å². The predicted octanol–water partition coefficient (Wildman–Crippen LogP) is 7.43. The lowest BCUT2D eigenvalue weighted by Crippen LogP contribution is -2.54. The Morgan fingerprint density at radius 2 is 0.947 bits per heavy atom. The van der Waals surface area contributed by atoms with Crippen molar-refractivity contribution in [2.75, 3.05) is 0 Å². The molecule has 0 heterocycles. The van der Waals surface area contributed by atoms with Crippen molar-refractivity contribution in [3.05, 3.63) is 114 Å². The summed E-state index contributed by atoms with van der Waals surface area (Å²) >= 11 is 0. The Labute approximate surface area is 213 Å². The van der Waals surface area contributed by atoms with Gasteiger partial charge in [0.2, 0.25) is 15.3 Å². The van der Waals surface area contributed by atoms with E-state index < -0.39 is 38.7 Å². The predicted molar refractivity (Wildman–Crippen MR) is 126 cm³/mol. The lowest BCUT2D eigenvalue weighted by atomic mass is 9.73. The lowest BCUT2D eigenvalue weighted by Gasteiger charge is -2.38. The third kappa shape index (κ3) is 4.81. The topological polar surface area (TPSA) is 63.6 Å². The molecule has 4 rings (SSSR count). The summed E-state index contributed by atoms with van der Waals surface area (Å²) in [6, 6.07) is 18.4. The Morgan fingerprint density at radius 1 is 0.553 bits per heavy atom. The van der Waals surface area contributed by atoms with E-state index >= 15 is 0 Å². The van der Waals surface area contributed by atoms with Crippen LogP contribution in [0.3, 0.4) is 0 Å². The quantitative estimate of drug-likeness (QED) is 0.253. The minimum Gasteiger partial charge on any atom is -0.508 e. The van der Waals surface area contributed by atoms with Gasteiger partial charge in [-0.15, -0.1) is 0 Å². The van der Waals surface area contributed by atoms with Gasteiger partial charge in [-0.3, -0.25) is 0 Å². The van der Waals surface area contributed by atoms with Gasteiger partial charge in [0, 0.05) is 0 Å². The first-order valence-electron chi connectivity index (χ1n) is 10.9. The minimum absolute atomic E-state index is 0.0595. The summed E-state index contributed by atoms with van der Waals surface area (Å²) in [6.07, 6.45) is -11.4. The molecule has 0 aliphatic carbocycles. The summed E-state index contributed by atoms with van der Waals surface area (Å²) in [5.41, 5.74) is -6.27. The highest BCUT2D eigenvalue weighted by Gasteiger charge is 2.72. The van der Waals surface area contributed by atoms with Crippen molar-refractivity contribution in [1.29, 1.82) is 0 Å². The van der Waals surface area contributed by atoms with Gasteiger partial charge in [0.15, 0.2) is 0 Å². The van der Waals surface area contributed by atoms with Crippen molar-refractivity contribution < 1.29 is 44.6 Å². The number of aromatic hydroxyl groups is 1. The second-order valence-electron chi connectivity index (χ2n) is 8.21. The molecule has 4 aromatic rings. The molecule has 198 valence electrons. The van der Waals surface area contributed by atoms with Crippen molar-refractivity contribution in [3.63, 3.8) is 0 Å². The molecule has 0 radical (unpaired) electrons. The average Bonchev–Trinajstić information content (AvgIpc) is 2.85. The Balaban J connectivity index is 1.63. The third-order valence-corrected chi connectivity index (χ3v) is 7.65. The molecule has 0 aromatic heterocycles. The fourth-order valence-electron chi connectivity index (χ4n) is 4.03. The molecule has 1 N–H and O–H groups in total. The molecule has 0 spiro atoms. The highest BCUT2D eigenvalue weighted by molar-refractivity contribution is 7.91. The van der Waals surface area contributed by atoms with Gasteiger partial charge in [-0.1, -0.05) is 42.5 Å². The van der Waals surface area contributed by atoms with Gasteiger partial charge in [0.1, 0.15) is 17.2 Å². The van der Waals surface area contributed by atoms with E-state index in [1.165, 1.54) is 54.6 Å². The molecule has 4 nitrogen and oxygen atoms in total. The number of benzene rings is 4. The average molecular weight is 552 g/mol. The Bertz CT molecular complexity index is 1480. The molecular weight excluding hydrogens is 534 g/mol. The molecule has 4 aromatic carbocycles. The van der Waals surface area contributed by atoms with Crippen LogP contribution in [0.15, 0.2) is 113 Å². The summed E-state index contributed by atoms with van der Waals surface area (Å²) in [7, 11) is -3.90. The number of hydrogen-bond acceptors (Lipinski definition) is 4. The second-order valence-corrected chi connectivity index (χ2v) is 10.2. The van der Waals surface area contributed by atoms with Gasteiger partial charge in [0.05, 0.1) is 9.79 Å². The van der Waals surface area contributed by atoms with Crippen LogP contribution in [-0.2, 0) is 15.3 Å². The molecule has 0 saturated heterocycles. The Hall–Kier alpha value is -3.99. The molecule has 0 atom stereocenters. The van der Waals surface area contributed by atoms with E-state index in [9.17, 15) is 39.9 Å². The number of halogens is 6. The van der Waals surface area contributed by atoms with E-state index in [4.69, 9.17) is 4.74 Å². The first-order chi connectivity index (χ1) is 17.8. The van der Waals surface area contributed by atoms with Gasteiger partial charge in [-0.05, 0) is 71.8 Å². The van der Waals surface area contributed by atoms with Crippen molar-refractivity contribution in [2.45, 2.75) is 27.6 Å². The fraction of sp³-hybridized carbons (Fsp3) is 0.111. The first-order valence-corrected chi connectivity index (χ1v) is 12.4. The zero-order valence-electron chi connectivity index (χ0n) is 19.2. The van der Waals surface area contributed by atoms with Crippen LogP contribution in [0.2, 0.25) is 0 Å². The maximum Gasteiger partial charge on any atom is 0.411 e. The van der Waals surface area contributed by atoms with Crippen LogP contribution >= 0.6 is 0 Å². The third-order valence-electron chi connectivity index (χ3n) is 5.86. The van der Waals surface area contributed by atoms with Gasteiger partial charge in [0.25, 0.3) is 0 Å². The van der Waals surface area contributed by atoms with E-state index in [-0.39, 0.29) is 27.0 Å². The monoisotopic (exact) mass is 552 g/mol. The van der Waals surface area contributed by atoms with Crippen molar-refractivity contribution in [3.8, 4) is 17.2 Å². The minimum atomic E-state index is -5.70. The van der Waals surface area contributed by atoms with Crippen LogP contribution in [0.1, 0.15) is 11.1 Å². The van der Waals surface area contributed by atoms with E-state index in [1.54, 1.807) is 0 Å². The number of sulfone groups is 1. The molecular formula is C27H18F6O4S. The van der Waals surface area contributed by atoms with Crippen LogP contribution in [0.25, 0.3) is 0 Å². The van der Waals surface area contributed by atoms with E-state index in [2.05, 4.69) is 0 Å². The number of hydrogen-bond donors (Lipinski definition) is 1. The Kier molecular flexibility index (Phi) is 6.92. The maximum atomic E-state index is 14.2. The molecule has 0 saturated carbocycles. The molecule has 38 heavy (non-hydrogen) atoms. The number of phenols is 1. The van der Waals surface area contributed by atoms with Gasteiger partial charge < -0.3 is 9.84 Å². The molecule has 0 aliphatic heterocycles. The number of ether oxygens (including phenoxy) is 1. The first kappa shape index (κ1) is 27.1. The standard InChI is InChI=1S/C27H18F6O4S/c28-26(29,30)25(27(31,32)33,18-4-2-1-3-5-18)19-6-10-21(11-7-19)37-22-12-16-24(17-13-22)38(35,36)23-14-8-20(34)9-15-23/h1-17,34H. The highest BCUT2D eigenvalue weighted by atomic mass is 32.2. The van der Waals surface area contributed by atoms with Crippen LogP contribution < -0.4 is 4.74 Å². The van der Waals surface area contributed by atoms with Crippen LogP contribution in [0.4, 0.5) is 26.3 Å². The van der Waals surface area contributed by atoms with E-state index in [0.29, 0.717) is 12.1 Å². The van der Waals surface area contributed by atoms with Crippen LogP contribution in [-0.4, -0.2) is 25.9 Å². The molecule has 11 heteroatoms. The largest absolute Gasteiger partial charge is 0.508 e. The molecule has 0 amide bonds. The van der Waals surface area contributed by atoms with Crippen LogP contribution in [0, 0.1) is 0 Å². The zero-order valence-corrected chi connectivity index (χ0v) is 20.0. The molecule has 0 aliphatic rings. The van der Waals surface area contributed by atoms with Crippen molar-refractivity contribution in [1.82, 2.24) is 0 Å². The number of alkyl halides is 6. The molecule has 0 bridgehead atoms. The number of rotatable bonds is 6. The van der Waals surface area contributed by atoms with E-state index in [0.717, 1.165) is 36.4 Å². The summed E-state index contributed by atoms with van der Waals surface area (Å²) in [5, 5.41) is 9.35. The zero-order chi connectivity index (χ0) is 27.8. The number of phenolic OH excluding ortho intramolecular Hbond substituents is 1. The second kappa shape index (κ2) is 9.71. The van der Waals surface area contributed by atoms with Crippen LogP contribution in [0.5, 0.6) is 17.2 Å². The van der Waals surface area contributed by atoms with E-state index in [1.807, 2.05) is 0 Å². The summed E-state index contributed by atoms with van der Waals surface area (Å²) in [5.74, 6) is -0.0669. The molecule has 0 fully saturated rings. The maximum absolute atomic E-state index is 14.2. The lowest BCUT2D eigenvalue weighted by molar-refractivity contribution is -0.288. The highest BCUT2D eigenvalue weighted by Crippen LogP contribution is 2.56. The summed E-state index contributed by atoms with van der Waals surface area (Å²) < 4.78 is 116. The van der Waals surface area contributed by atoms with Gasteiger partial charge >= 0.3 is 12.4 Å². The fourth-order valence-corrected chi connectivity index (χ4v) is 5.29. The van der Waals surface area contributed by atoms with Crippen molar-refractivity contribution >= 4 is 9.84 Å². The summed E-state index contributed by atoms with van der Waals surface area (Å²) in [6.45, 7) is 0. The SMILES string of the molecule is O=S(=O)(c1ccc(O)cc1)c1ccc(Oc2ccc(C(c3ccccc3)(C(F)(F)F)C(F)(F)F)cc2)cc1. The molecule has 0 unspecified atom stereocenters. The van der Waals surface area contributed by atoms with Gasteiger partial charge in [-0.25, -0.2) is 8.42 Å². The summed E-state index contributed by atoms with van der Waals surface area (Å²) in [4.78, 5) is -0.148. The van der Waals surface area contributed by atoms with Crippen molar-refractivity contribution in [2.24, 2.45) is 0 Å². The smallest absolute Gasteiger partial charge is 0.411 e.